The molecule has 7 heteroatoms. The Balaban J connectivity index is 1.70. The van der Waals surface area contributed by atoms with Crippen molar-refractivity contribution in [2.75, 3.05) is 19.6 Å². The third-order valence-electron chi connectivity index (χ3n) is 3.63. The molecule has 3 N–H and O–H groups in total. The van der Waals surface area contributed by atoms with E-state index < -0.39 is 0 Å². The highest BCUT2D eigenvalue weighted by atomic mass is 16.2. The Kier molecular flexibility index (Phi) is 6.40. The van der Waals surface area contributed by atoms with Crippen LogP contribution < -0.4 is 16.0 Å². The minimum absolute atomic E-state index is 0.0503. The average molecular weight is 318 g/mol. The van der Waals surface area contributed by atoms with E-state index in [2.05, 4.69) is 16.0 Å². The topological polar surface area (TPSA) is 90.5 Å². The van der Waals surface area contributed by atoms with Crippen LogP contribution in [0.25, 0.3) is 0 Å². The molecule has 1 aromatic rings. The van der Waals surface area contributed by atoms with Crippen molar-refractivity contribution in [3.8, 4) is 0 Å². The second kappa shape index (κ2) is 8.77. The highest BCUT2D eigenvalue weighted by Crippen LogP contribution is 2.14. The van der Waals surface area contributed by atoms with E-state index >= 15 is 0 Å². The number of amides is 4. The first-order valence-electron chi connectivity index (χ1n) is 7.72. The molecule has 124 valence electrons. The first-order valence-corrected chi connectivity index (χ1v) is 7.72. The van der Waals surface area contributed by atoms with Crippen molar-refractivity contribution < 1.29 is 14.4 Å². The molecule has 1 fully saturated rings. The van der Waals surface area contributed by atoms with Crippen molar-refractivity contribution in [1.29, 1.82) is 0 Å². The van der Waals surface area contributed by atoms with E-state index in [1.807, 2.05) is 30.3 Å². The van der Waals surface area contributed by atoms with Crippen LogP contribution in [0.3, 0.4) is 0 Å². The van der Waals surface area contributed by atoms with Crippen LogP contribution in [0.2, 0.25) is 0 Å². The molecule has 1 heterocycles. The summed E-state index contributed by atoms with van der Waals surface area (Å²) in [5.41, 5.74) is 1.08. The summed E-state index contributed by atoms with van der Waals surface area (Å²) in [6, 6.07) is 9.34. The number of carbonyl (C=O) groups excluding carboxylic acids is 3. The van der Waals surface area contributed by atoms with Gasteiger partial charge < -0.3 is 20.9 Å². The number of nitrogens with one attached hydrogen (secondary N) is 3. The molecule has 1 aliphatic rings. The van der Waals surface area contributed by atoms with Crippen molar-refractivity contribution in [2.24, 2.45) is 0 Å². The van der Waals surface area contributed by atoms with E-state index in [1.54, 1.807) is 4.90 Å². The van der Waals surface area contributed by atoms with Crippen LogP contribution in [0.1, 0.15) is 18.4 Å². The molecule has 2 rings (SSSR count). The van der Waals surface area contributed by atoms with Crippen LogP contribution >= 0.6 is 0 Å². The van der Waals surface area contributed by atoms with Crippen LogP contribution in [-0.4, -0.2) is 48.9 Å². The van der Waals surface area contributed by atoms with E-state index in [9.17, 15) is 14.4 Å². The number of urea groups is 1. The number of hydrogen-bond donors (Lipinski definition) is 3. The molecule has 0 aromatic heterocycles. The van der Waals surface area contributed by atoms with Crippen molar-refractivity contribution in [1.82, 2.24) is 20.9 Å². The molecule has 1 atom stereocenters. The molecule has 1 aliphatic heterocycles. The minimum Gasteiger partial charge on any atom is -0.359 e. The molecule has 0 aliphatic carbocycles. The second-order valence-corrected chi connectivity index (χ2v) is 5.49. The molecule has 1 saturated heterocycles. The summed E-state index contributed by atoms with van der Waals surface area (Å²) in [6.45, 7) is 2.09. The molecule has 1 unspecified atom stereocenters. The van der Waals surface area contributed by atoms with Crippen LogP contribution in [0.15, 0.2) is 30.3 Å². The fraction of sp³-hybridized carbons (Fsp3) is 0.438. The smallest absolute Gasteiger partial charge is 0.315 e. The zero-order valence-electron chi connectivity index (χ0n) is 13.0. The maximum absolute atomic E-state index is 12.0. The summed E-state index contributed by atoms with van der Waals surface area (Å²) in [6.07, 6.45) is 1.62. The summed E-state index contributed by atoms with van der Waals surface area (Å²) in [7, 11) is 0. The summed E-state index contributed by atoms with van der Waals surface area (Å²) in [5, 5.41) is 8.05. The maximum atomic E-state index is 12.0. The highest BCUT2D eigenvalue weighted by Gasteiger charge is 2.30. The van der Waals surface area contributed by atoms with E-state index in [4.69, 9.17) is 0 Å². The van der Waals surface area contributed by atoms with Gasteiger partial charge in [0.1, 0.15) is 0 Å². The molecular formula is C16H22N4O3. The molecule has 0 radical (unpaired) electrons. The first kappa shape index (κ1) is 16.8. The Morgan fingerprint density at radius 3 is 2.78 bits per heavy atom. The number of carbonyl (C=O) groups is 3. The molecular weight excluding hydrogens is 296 g/mol. The van der Waals surface area contributed by atoms with Gasteiger partial charge in [0.05, 0.1) is 6.04 Å². The van der Waals surface area contributed by atoms with Gasteiger partial charge in [0.25, 0.3) is 0 Å². The number of nitrogens with zero attached hydrogens (tertiary/aromatic N) is 1. The van der Waals surface area contributed by atoms with Crippen molar-refractivity contribution in [3.05, 3.63) is 35.9 Å². The van der Waals surface area contributed by atoms with Gasteiger partial charge in [-0.25, -0.2) is 4.79 Å². The van der Waals surface area contributed by atoms with E-state index in [-0.39, 0.29) is 18.0 Å². The lowest BCUT2D eigenvalue weighted by Crippen LogP contribution is -2.43. The van der Waals surface area contributed by atoms with Crippen LogP contribution in [0, 0.1) is 0 Å². The largest absolute Gasteiger partial charge is 0.359 e. The quantitative estimate of drug-likeness (QED) is 0.473. The van der Waals surface area contributed by atoms with Gasteiger partial charge in [-0.05, 0) is 12.0 Å². The Morgan fingerprint density at radius 2 is 2.04 bits per heavy atom. The lowest BCUT2D eigenvalue weighted by Gasteiger charge is -2.17. The van der Waals surface area contributed by atoms with Crippen molar-refractivity contribution in [2.45, 2.75) is 25.4 Å². The Bertz CT molecular complexity index is 535. The van der Waals surface area contributed by atoms with Gasteiger partial charge in [0, 0.05) is 32.6 Å². The van der Waals surface area contributed by atoms with E-state index in [1.165, 1.54) is 0 Å². The van der Waals surface area contributed by atoms with Gasteiger partial charge in [-0.15, -0.1) is 0 Å². The van der Waals surface area contributed by atoms with Crippen LogP contribution in [0.4, 0.5) is 4.79 Å². The fourth-order valence-electron chi connectivity index (χ4n) is 2.51. The Labute approximate surface area is 135 Å². The van der Waals surface area contributed by atoms with Gasteiger partial charge in [-0.1, -0.05) is 30.3 Å². The third-order valence-corrected chi connectivity index (χ3v) is 3.63. The maximum Gasteiger partial charge on any atom is 0.315 e. The second-order valence-electron chi connectivity index (χ2n) is 5.49. The molecule has 7 nitrogen and oxygen atoms in total. The summed E-state index contributed by atoms with van der Waals surface area (Å²) in [4.78, 5) is 35.6. The van der Waals surface area contributed by atoms with Gasteiger partial charge >= 0.3 is 6.03 Å². The number of benzene rings is 1. The zero-order valence-corrected chi connectivity index (χ0v) is 13.0. The van der Waals surface area contributed by atoms with E-state index in [0.717, 1.165) is 5.56 Å². The lowest BCUT2D eigenvalue weighted by atomic mass is 10.2. The number of rotatable bonds is 8. The summed E-state index contributed by atoms with van der Waals surface area (Å²) >= 11 is 0. The van der Waals surface area contributed by atoms with Crippen LogP contribution in [0.5, 0.6) is 0 Å². The lowest BCUT2D eigenvalue weighted by molar-refractivity contribution is -0.128. The molecule has 0 spiro atoms. The normalized spacial score (nSPS) is 17.0. The molecule has 23 heavy (non-hydrogen) atoms. The molecule has 4 amide bonds. The van der Waals surface area contributed by atoms with Gasteiger partial charge in [0.15, 0.2) is 0 Å². The average Bonchev–Trinajstić information content (AvgIpc) is 2.87. The van der Waals surface area contributed by atoms with Gasteiger partial charge in [-0.2, -0.15) is 0 Å². The molecule has 0 bridgehead atoms. The van der Waals surface area contributed by atoms with Crippen molar-refractivity contribution >= 4 is 18.3 Å². The Hall–Kier alpha value is -2.57. The summed E-state index contributed by atoms with van der Waals surface area (Å²) in [5.74, 6) is 0.0503. The molecule has 0 saturated carbocycles. The monoisotopic (exact) mass is 318 g/mol. The molecule has 1 aromatic carbocycles. The fourth-order valence-corrected chi connectivity index (χ4v) is 2.51. The van der Waals surface area contributed by atoms with Gasteiger partial charge in [0.2, 0.25) is 12.3 Å². The highest BCUT2D eigenvalue weighted by molar-refractivity contribution is 5.81. The van der Waals surface area contributed by atoms with Gasteiger partial charge in [-0.3, -0.25) is 9.59 Å². The predicted molar refractivity (Wildman–Crippen MR) is 85.5 cm³/mol. The van der Waals surface area contributed by atoms with Crippen LogP contribution in [-0.2, 0) is 16.1 Å². The standard InChI is InChI=1S/C16H22N4O3/c21-12-17-7-4-8-18-16(23)19-14-9-15(22)20(11-14)10-13-5-2-1-3-6-13/h1-3,5-6,12,14H,4,7-11H2,(H,17,21)(H2,18,19,23). The number of likely N-dealkylation sites (tertiary alicyclic amines) is 1. The van der Waals surface area contributed by atoms with Crippen molar-refractivity contribution in [3.63, 3.8) is 0 Å². The SMILES string of the molecule is O=CNCCCNC(=O)NC1CC(=O)N(Cc2ccccc2)C1. The number of hydrogen-bond acceptors (Lipinski definition) is 3. The summed E-state index contributed by atoms with van der Waals surface area (Å²) < 4.78 is 0. The Morgan fingerprint density at radius 1 is 1.26 bits per heavy atom. The first-order chi connectivity index (χ1) is 11.2. The zero-order chi connectivity index (χ0) is 16.5. The minimum atomic E-state index is -0.282. The third kappa shape index (κ3) is 5.61. The predicted octanol–water partition coefficient (Wildman–Crippen LogP) is 0.223. The van der Waals surface area contributed by atoms with E-state index in [0.29, 0.717) is 45.4 Å².